The first-order chi connectivity index (χ1) is 31.0. The van der Waals surface area contributed by atoms with Gasteiger partial charge >= 0.3 is 12.1 Å². The first-order valence-corrected chi connectivity index (χ1v) is 23.6. The van der Waals surface area contributed by atoms with E-state index < -0.39 is 41.7 Å². The topological polar surface area (TPSA) is 188 Å². The van der Waals surface area contributed by atoms with Crippen molar-refractivity contribution in [2.75, 3.05) is 58.4 Å². The second kappa shape index (κ2) is 19.1. The first kappa shape index (κ1) is 44.1. The van der Waals surface area contributed by atoms with E-state index in [-0.39, 0.29) is 36.9 Å². The van der Waals surface area contributed by atoms with Crippen LogP contribution >= 0.6 is 0 Å². The third-order valence-electron chi connectivity index (χ3n) is 14.0. The summed E-state index contributed by atoms with van der Waals surface area (Å²) in [6.45, 7) is 8.59. The number of nitrogens with zero attached hydrogens (tertiary/aromatic N) is 5. The first-order valence-electron chi connectivity index (χ1n) is 23.6. The Morgan fingerprint density at radius 3 is 2.53 bits per heavy atom. The Balaban J connectivity index is 0.997. The Hall–Kier alpha value is -5.16. The van der Waals surface area contributed by atoms with Crippen molar-refractivity contribution in [2.24, 2.45) is 17.8 Å². The molecule has 3 saturated carbocycles. The van der Waals surface area contributed by atoms with Crippen LogP contribution in [0.1, 0.15) is 90.9 Å². The predicted molar refractivity (Wildman–Crippen MR) is 236 cm³/mol. The minimum Gasteiger partial charge on any atom is -0.492 e. The largest absolute Gasteiger partial charge is 0.492 e. The molecule has 3 N–H and O–H groups in total. The number of rotatable bonds is 12. The van der Waals surface area contributed by atoms with Gasteiger partial charge in [0.1, 0.15) is 53.8 Å². The Labute approximate surface area is 374 Å². The maximum Gasteiger partial charge on any atom is 0.408 e. The van der Waals surface area contributed by atoms with Crippen molar-refractivity contribution in [3.05, 3.63) is 36.5 Å². The summed E-state index contributed by atoms with van der Waals surface area (Å²) >= 11 is 0. The van der Waals surface area contributed by atoms with Gasteiger partial charge in [-0.05, 0) is 82.3 Å². The number of hydrogen-bond acceptors (Lipinski definition) is 13. The average Bonchev–Trinajstić information content (AvgIpc) is 3.93. The number of aromatic nitrogens is 3. The molecule has 9 rings (SSSR count). The van der Waals surface area contributed by atoms with E-state index >= 15 is 0 Å². The Bertz CT molecular complexity index is 2170. The summed E-state index contributed by atoms with van der Waals surface area (Å²) in [6.07, 6.45) is 9.62. The number of nitrogens with one attached hydrogen (secondary N) is 3. The number of alkyl carbamates (subject to hydrolysis) is 1. The van der Waals surface area contributed by atoms with E-state index in [1.165, 1.54) is 18.4 Å². The maximum absolute atomic E-state index is 14.8. The number of esters is 1. The molecular formula is C47H64N8O9. The van der Waals surface area contributed by atoms with Gasteiger partial charge in [-0.3, -0.25) is 14.5 Å². The Morgan fingerprint density at radius 1 is 0.969 bits per heavy atom. The Morgan fingerprint density at radius 2 is 1.75 bits per heavy atom. The molecule has 6 aliphatic rings. The molecule has 0 spiro atoms. The number of benzene rings is 1. The lowest BCUT2D eigenvalue weighted by Crippen LogP contribution is -2.56. The number of methoxy groups -OCH3 is 1. The van der Waals surface area contributed by atoms with Crippen molar-refractivity contribution >= 4 is 40.6 Å². The summed E-state index contributed by atoms with van der Waals surface area (Å²) in [5.74, 6) is 2.26. The highest BCUT2D eigenvalue weighted by atomic mass is 16.6. The SMILES string of the molecule is COC(=O)[C@@]12C[C@H]1CCCCCCC[C@H](NC(=O)O[C@@H]1C[C@@H]3C[C@@H]3C1)C(=O)N1C[C@H](Oc3cc(-n4ccc(NC(C)C)n4)nc4cc(OCCN5CCOCC5)ccc34)C[C@H]1C(=O)N2. The van der Waals surface area contributed by atoms with Crippen LogP contribution in [0.2, 0.25) is 0 Å². The molecule has 8 atom stereocenters. The summed E-state index contributed by atoms with van der Waals surface area (Å²) in [6, 6.07) is 7.68. The minimum atomic E-state index is -1.14. The van der Waals surface area contributed by atoms with Crippen LogP contribution in [0.15, 0.2) is 36.5 Å². The number of anilines is 1. The second-order valence-corrected chi connectivity index (χ2v) is 19.0. The standard InChI is InChI=1S/C47H64N8O9/c1-29(2)48-41-13-14-55(52-41)42-26-40(36-12-11-33(24-38(36)49-42)62-20-17-53-15-18-61-19-16-53)63-35-25-39-43(56)51-47(45(58)60-3)27-32(47)9-7-5-4-6-8-10-37(44(57)54(39)28-35)50-46(59)64-34-22-30-21-31(30)23-34/h11-14,24,26,29-32,34-35,37,39H,4-10,15-23,25,27-28H2,1-3H3,(H,48,52)(H,50,59)(H,51,56)/t30-,31+,32-,34+,35-,37+,39+,47-/m1/s1. The average molecular weight is 885 g/mol. The molecule has 2 aromatic heterocycles. The van der Waals surface area contributed by atoms with Gasteiger partial charge in [-0.2, -0.15) is 0 Å². The highest BCUT2D eigenvalue weighted by molar-refractivity contribution is 5.96. The molecule has 3 amide bonds. The van der Waals surface area contributed by atoms with E-state index in [4.69, 9.17) is 33.8 Å². The van der Waals surface area contributed by atoms with Gasteiger partial charge in [-0.25, -0.2) is 19.3 Å². The van der Waals surface area contributed by atoms with Gasteiger partial charge in [0.2, 0.25) is 11.8 Å². The van der Waals surface area contributed by atoms with Gasteiger partial charge in [0, 0.05) is 61.9 Å². The fourth-order valence-electron chi connectivity index (χ4n) is 10.4. The maximum atomic E-state index is 14.8. The van der Waals surface area contributed by atoms with Crippen LogP contribution in [0.3, 0.4) is 0 Å². The Kier molecular flexibility index (Phi) is 13.2. The zero-order valence-electron chi connectivity index (χ0n) is 37.4. The van der Waals surface area contributed by atoms with Crippen molar-refractivity contribution < 1.29 is 42.9 Å². The van der Waals surface area contributed by atoms with Crippen LogP contribution in [0.25, 0.3) is 16.7 Å². The third kappa shape index (κ3) is 10.0. The normalized spacial score (nSPS) is 29.7. The highest BCUT2D eigenvalue weighted by Crippen LogP contribution is 2.52. The van der Waals surface area contributed by atoms with Gasteiger partial charge in [0.25, 0.3) is 0 Å². The molecule has 3 saturated heterocycles. The van der Waals surface area contributed by atoms with Crippen LogP contribution in [-0.4, -0.2) is 137 Å². The summed E-state index contributed by atoms with van der Waals surface area (Å²) in [5.41, 5.74) is -0.525. The molecule has 17 heteroatoms. The highest BCUT2D eigenvalue weighted by Gasteiger charge is 2.62. The smallest absolute Gasteiger partial charge is 0.408 e. The fraction of sp³-hybridized carbons (Fsp3) is 0.660. The molecule has 0 unspecified atom stereocenters. The molecule has 6 fully saturated rings. The van der Waals surface area contributed by atoms with Crippen molar-refractivity contribution in [1.29, 1.82) is 0 Å². The van der Waals surface area contributed by atoms with Crippen LogP contribution in [0, 0.1) is 17.8 Å². The molecule has 64 heavy (non-hydrogen) atoms. The van der Waals surface area contributed by atoms with E-state index in [1.807, 2.05) is 50.4 Å². The van der Waals surface area contributed by atoms with Crippen molar-refractivity contribution in [1.82, 2.24) is 35.2 Å². The molecule has 0 radical (unpaired) electrons. The van der Waals surface area contributed by atoms with Crippen LogP contribution < -0.4 is 25.4 Å². The zero-order valence-corrected chi connectivity index (χ0v) is 37.4. The monoisotopic (exact) mass is 884 g/mol. The van der Waals surface area contributed by atoms with Gasteiger partial charge in [0.15, 0.2) is 5.82 Å². The van der Waals surface area contributed by atoms with Gasteiger partial charge in [-0.1, -0.05) is 32.1 Å². The molecule has 17 nitrogen and oxygen atoms in total. The summed E-state index contributed by atoms with van der Waals surface area (Å²) in [7, 11) is 1.34. The molecule has 346 valence electrons. The number of pyridine rings is 1. The van der Waals surface area contributed by atoms with Crippen LogP contribution in [-0.2, 0) is 28.6 Å². The van der Waals surface area contributed by atoms with Gasteiger partial charge < -0.3 is 44.5 Å². The molecule has 1 aromatic carbocycles. The number of morpholine rings is 1. The number of ether oxygens (including phenoxy) is 5. The van der Waals surface area contributed by atoms with Crippen molar-refractivity contribution in [3.8, 4) is 17.3 Å². The number of fused-ring (bicyclic) bond motifs is 4. The number of carbonyl (C=O) groups excluding carboxylic acids is 4. The van der Waals surface area contributed by atoms with E-state index in [0.717, 1.165) is 76.4 Å². The zero-order chi connectivity index (χ0) is 44.4. The summed E-state index contributed by atoms with van der Waals surface area (Å²) in [4.78, 5) is 65.0. The molecule has 5 heterocycles. The molecule has 3 aliphatic heterocycles. The third-order valence-corrected chi connectivity index (χ3v) is 14.0. The fourth-order valence-corrected chi connectivity index (χ4v) is 10.4. The number of carbonyl (C=O) groups is 4. The van der Waals surface area contributed by atoms with Crippen molar-refractivity contribution in [2.45, 2.75) is 127 Å². The molecule has 3 aliphatic carbocycles. The van der Waals surface area contributed by atoms with Crippen molar-refractivity contribution in [3.63, 3.8) is 0 Å². The summed E-state index contributed by atoms with van der Waals surface area (Å²) < 4.78 is 31.4. The van der Waals surface area contributed by atoms with Crippen LogP contribution in [0.5, 0.6) is 11.5 Å². The second-order valence-electron chi connectivity index (χ2n) is 19.0. The van der Waals surface area contributed by atoms with E-state index in [1.54, 1.807) is 4.68 Å². The van der Waals surface area contributed by atoms with E-state index in [2.05, 4.69) is 20.9 Å². The molecule has 3 aromatic rings. The lowest BCUT2D eigenvalue weighted by atomic mass is 10.0. The van der Waals surface area contributed by atoms with E-state index in [9.17, 15) is 19.2 Å². The van der Waals surface area contributed by atoms with Gasteiger partial charge in [-0.15, -0.1) is 5.10 Å². The molecular weight excluding hydrogens is 821 g/mol. The lowest BCUT2D eigenvalue weighted by molar-refractivity contribution is -0.148. The summed E-state index contributed by atoms with van der Waals surface area (Å²) in [5, 5.41) is 14.8. The lowest BCUT2D eigenvalue weighted by Gasteiger charge is -2.29. The number of hydrogen-bond donors (Lipinski definition) is 3. The predicted octanol–water partition coefficient (Wildman–Crippen LogP) is 4.99. The quantitative estimate of drug-likeness (QED) is 0.207. The van der Waals surface area contributed by atoms with E-state index in [0.29, 0.717) is 73.1 Å². The van der Waals surface area contributed by atoms with Gasteiger partial charge in [0.05, 0.1) is 32.4 Å². The number of amides is 3. The van der Waals surface area contributed by atoms with Crippen LogP contribution in [0.4, 0.5) is 10.6 Å². The molecule has 0 bridgehead atoms. The minimum absolute atomic E-state index is 0.0502.